The molecule has 29 heavy (non-hydrogen) atoms. The second kappa shape index (κ2) is 8.68. The summed E-state index contributed by atoms with van der Waals surface area (Å²) in [6.45, 7) is 3.51. The van der Waals surface area contributed by atoms with Crippen LogP contribution in [0.5, 0.6) is 0 Å². The molecule has 3 N–H and O–H groups in total. The Kier molecular flexibility index (Phi) is 6.06. The monoisotopic (exact) mass is 397 g/mol. The van der Waals surface area contributed by atoms with Crippen molar-refractivity contribution in [2.24, 2.45) is 11.7 Å². The van der Waals surface area contributed by atoms with E-state index in [9.17, 15) is 19.7 Å². The highest BCUT2D eigenvalue weighted by Crippen LogP contribution is 2.27. The summed E-state index contributed by atoms with van der Waals surface area (Å²) in [5, 5.41) is 13.9. The van der Waals surface area contributed by atoms with E-state index in [-0.39, 0.29) is 23.1 Å². The standard InChI is InChI=1S/C20H23N5O4/c1-13-2-4-14(5-3-13)11-23-20(27)15-6-8-24(9-7-15)19-17(18(21)26)10-16(12-22-19)25(28)29/h2-5,10,12,15H,6-9,11H2,1H3,(H2,21,26)(H,23,27). The first-order valence-electron chi connectivity index (χ1n) is 9.37. The highest BCUT2D eigenvalue weighted by Gasteiger charge is 2.28. The molecule has 9 nitrogen and oxygen atoms in total. The molecule has 0 saturated carbocycles. The number of aromatic nitrogens is 1. The molecule has 2 heterocycles. The Morgan fingerprint density at radius 2 is 1.93 bits per heavy atom. The number of pyridine rings is 1. The van der Waals surface area contributed by atoms with E-state index < -0.39 is 10.8 Å². The van der Waals surface area contributed by atoms with E-state index in [1.54, 1.807) is 0 Å². The quantitative estimate of drug-likeness (QED) is 0.565. The summed E-state index contributed by atoms with van der Waals surface area (Å²) < 4.78 is 0. The summed E-state index contributed by atoms with van der Waals surface area (Å²) in [7, 11) is 0. The third kappa shape index (κ3) is 4.87. The molecule has 1 aliphatic heterocycles. The molecule has 1 fully saturated rings. The molecule has 1 aliphatic rings. The van der Waals surface area contributed by atoms with Crippen LogP contribution in [0.3, 0.4) is 0 Å². The maximum Gasteiger partial charge on any atom is 0.288 e. The second-order valence-electron chi connectivity index (χ2n) is 7.15. The van der Waals surface area contributed by atoms with Crippen molar-refractivity contribution in [1.29, 1.82) is 0 Å². The van der Waals surface area contributed by atoms with Gasteiger partial charge in [-0.05, 0) is 25.3 Å². The van der Waals surface area contributed by atoms with Crippen molar-refractivity contribution < 1.29 is 14.5 Å². The van der Waals surface area contributed by atoms with Gasteiger partial charge in [0.2, 0.25) is 5.91 Å². The number of carbonyl (C=O) groups is 2. The normalized spacial score (nSPS) is 14.4. The highest BCUT2D eigenvalue weighted by atomic mass is 16.6. The van der Waals surface area contributed by atoms with Gasteiger partial charge in [-0.15, -0.1) is 0 Å². The van der Waals surface area contributed by atoms with Gasteiger partial charge in [0.05, 0.1) is 10.5 Å². The zero-order chi connectivity index (χ0) is 21.0. The van der Waals surface area contributed by atoms with Crippen LogP contribution in [0.2, 0.25) is 0 Å². The maximum absolute atomic E-state index is 12.5. The fourth-order valence-corrected chi connectivity index (χ4v) is 3.37. The molecule has 2 aromatic rings. The lowest BCUT2D eigenvalue weighted by Gasteiger charge is -2.32. The Morgan fingerprint density at radius 1 is 1.28 bits per heavy atom. The molecular formula is C20H23N5O4. The largest absolute Gasteiger partial charge is 0.365 e. The van der Waals surface area contributed by atoms with Crippen molar-refractivity contribution in [2.45, 2.75) is 26.3 Å². The fourth-order valence-electron chi connectivity index (χ4n) is 3.37. The number of aryl methyl sites for hydroxylation is 1. The average Bonchev–Trinajstić information content (AvgIpc) is 2.72. The first-order valence-corrected chi connectivity index (χ1v) is 9.37. The zero-order valence-electron chi connectivity index (χ0n) is 16.1. The maximum atomic E-state index is 12.5. The number of nitrogens with one attached hydrogen (secondary N) is 1. The Morgan fingerprint density at radius 3 is 2.52 bits per heavy atom. The van der Waals surface area contributed by atoms with Crippen molar-refractivity contribution in [3.63, 3.8) is 0 Å². The summed E-state index contributed by atoms with van der Waals surface area (Å²) in [5.41, 5.74) is 7.32. The van der Waals surface area contributed by atoms with Crippen molar-refractivity contribution in [3.8, 4) is 0 Å². The Bertz CT molecular complexity index is 921. The van der Waals surface area contributed by atoms with Gasteiger partial charge in [0.25, 0.3) is 11.6 Å². The fraction of sp³-hybridized carbons (Fsp3) is 0.350. The van der Waals surface area contributed by atoms with E-state index in [1.165, 1.54) is 5.56 Å². The summed E-state index contributed by atoms with van der Waals surface area (Å²) in [6, 6.07) is 9.14. The van der Waals surface area contributed by atoms with Crippen LogP contribution in [0, 0.1) is 23.0 Å². The molecule has 9 heteroatoms. The molecular weight excluding hydrogens is 374 g/mol. The number of amides is 2. The molecule has 1 aromatic carbocycles. The molecule has 0 radical (unpaired) electrons. The molecule has 0 aliphatic carbocycles. The van der Waals surface area contributed by atoms with E-state index in [0.717, 1.165) is 17.8 Å². The van der Waals surface area contributed by atoms with Crippen LogP contribution in [0.4, 0.5) is 11.5 Å². The third-order valence-electron chi connectivity index (χ3n) is 5.08. The summed E-state index contributed by atoms with van der Waals surface area (Å²) in [5.74, 6) is -0.584. The molecule has 152 valence electrons. The van der Waals surface area contributed by atoms with E-state index in [1.807, 2.05) is 36.1 Å². The number of hydrogen-bond donors (Lipinski definition) is 2. The number of primary amides is 1. The van der Waals surface area contributed by atoms with Gasteiger partial charge in [-0.1, -0.05) is 29.8 Å². The van der Waals surface area contributed by atoms with Gasteiger partial charge in [-0.3, -0.25) is 19.7 Å². The van der Waals surface area contributed by atoms with Gasteiger partial charge in [0.15, 0.2) is 0 Å². The minimum absolute atomic E-state index is 0.00277. The molecule has 0 unspecified atom stereocenters. The zero-order valence-corrected chi connectivity index (χ0v) is 16.1. The molecule has 1 aromatic heterocycles. The minimum atomic E-state index is -0.769. The van der Waals surface area contributed by atoms with Crippen LogP contribution in [-0.4, -0.2) is 34.8 Å². The average molecular weight is 397 g/mol. The van der Waals surface area contributed by atoms with Crippen LogP contribution in [0.15, 0.2) is 36.5 Å². The second-order valence-corrected chi connectivity index (χ2v) is 7.15. The highest BCUT2D eigenvalue weighted by molar-refractivity contribution is 5.98. The summed E-state index contributed by atoms with van der Waals surface area (Å²) in [6.07, 6.45) is 2.30. The smallest absolute Gasteiger partial charge is 0.288 e. The van der Waals surface area contributed by atoms with Gasteiger partial charge in [-0.25, -0.2) is 4.98 Å². The lowest BCUT2D eigenvalue weighted by atomic mass is 9.95. The van der Waals surface area contributed by atoms with Crippen LogP contribution in [-0.2, 0) is 11.3 Å². The molecule has 1 saturated heterocycles. The number of carbonyl (C=O) groups excluding carboxylic acids is 2. The van der Waals surface area contributed by atoms with E-state index in [4.69, 9.17) is 5.73 Å². The number of nitrogens with two attached hydrogens (primary N) is 1. The molecule has 0 spiro atoms. The van der Waals surface area contributed by atoms with Crippen LogP contribution in [0.25, 0.3) is 0 Å². The first-order chi connectivity index (χ1) is 13.8. The van der Waals surface area contributed by atoms with E-state index >= 15 is 0 Å². The lowest BCUT2D eigenvalue weighted by Crippen LogP contribution is -2.41. The third-order valence-corrected chi connectivity index (χ3v) is 5.08. The van der Waals surface area contributed by atoms with Crippen molar-refractivity contribution in [2.75, 3.05) is 18.0 Å². The number of hydrogen-bond acceptors (Lipinski definition) is 6. The van der Waals surface area contributed by atoms with Crippen molar-refractivity contribution in [1.82, 2.24) is 10.3 Å². The number of rotatable bonds is 6. The first kappa shape index (κ1) is 20.2. The van der Waals surface area contributed by atoms with Gasteiger partial charge in [0.1, 0.15) is 12.0 Å². The Labute approximate surface area is 168 Å². The van der Waals surface area contributed by atoms with Crippen molar-refractivity contribution in [3.05, 3.63) is 63.3 Å². The van der Waals surface area contributed by atoms with Gasteiger partial charge < -0.3 is 16.0 Å². The van der Waals surface area contributed by atoms with E-state index in [0.29, 0.717) is 38.3 Å². The summed E-state index contributed by atoms with van der Waals surface area (Å²) in [4.78, 5) is 40.4. The van der Waals surface area contributed by atoms with Gasteiger partial charge >= 0.3 is 0 Å². The number of piperidine rings is 1. The van der Waals surface area contributed by atoms with E-state index in [2.05, 4.69) is 10.3 Å². The number of nitrogens with zero attached hydrogens (tertiary/aromatic N) is 3. The number of benzene rings is 1. The Balaban J connectivity index is 1.60. The summed E-state index contributed by atoms with van der Waals surface area (Å²) >= 11 is 0. The Hall–Kier alpha value is -3.49. The SMILES string of the molecule is Cc1ccc(CNC(=O)C2CCN(c3ncc([N+](=O)[O-])cc3C(N)=O)CC2)cc1. The molecule has 3 rings (SSSR count). The topological polar surface area (TPSA) is 131 Å². The molecule has 0 atom stereocenters. The van der Waals surface area contributed by atoms with Gasteiger partial charge in [-0.2, -0.15) is 0 Å². The van der Waals surface area contributed by atoms with Crippen LogP contribution >= 0.6 is 0 Å². The predicted octanol–water partition coefficient (Wildman–Crippen LogP) is 1.93. The number of anilines is 1. The molecule has 2 amide bonds. The predicted molar refractivity (Wildman–Crippen MR) is 107 cm³/mol. The van der Waals surface area contributed by atoms with Gasteiger partial charge in [0, 0.05) is 31.6 Å². The van der Waals surface area contributed by atoms with Crippen LogP contribution in [0.1, 0.15) is 34.3 Å². The molecule has 0 bridgehead atoms. The van der Waals surface area contributed by atoms with Crippen LogP contribution < -0.4 is 16.0 Å². The minimum Gasteiger partial charge on any atom is -0.365 e. The van der Waals surface area contributed by atoms with Crippen molar-refractivity contribution >= 4 is 23.3 Å². The lowest BCUT2D eigenvalue weighted by molar-refractivity contribution is -0.385. The number of nitro groups is 1.